The first-order valence-corrected chi connectivity index (χ1v) is 8.95. The van der Waals surface area contributed by atoms with Crippen molar-refractivity contribution in [1.82, 2.24) is 15.2 Å². The molecule has 160 valence electrons. The zero-order valence-electron chi connectivity index (χ0n) is 16.4. The molecule has 1 fully saturated rings. The Balaban J connectivity index is 0.00000300. The van der Waals surface area contributed by atoms with Gasteiger partial charge in [-0.15, -0.1) is 24.0 Å². The van der Waals surface area contributed by atoms with Gasteiger partial charge < -0.3 is 19.4 Å². The Bertz CT molecular complexity index is 835. The largest absolute Gasteiger partial charge is 0.444 e. The second-order valence-electron chi connectivity index (χ2n) is 6.58. The molecule has 0 aliphatic carbocycles. The summed E-state index contributed by atoms with van der Waals surface area (Å²) in [5.74, 6) is 1.94. The molecular weight excluding hydrogens is 500 g/mol. The Labute approximate surface area is 184 Å². The number of aliphatic imine (C=N–C) groups is 1. The zero-order chi connectivity index (χ0) is 20.3. The van der Waals surface area contributed by atoms with Crippen LogP contribution in [0.5, 0.6) is 0 Å². The maximum Gasteiger partial charge on any atom is 0.416 e. The van der Waals surface area contributed by atoms with Crippen molar-refractivity contribution in [3.05, 3.63) is 52.7 Å². The van der Waals surface area contributed by atoms with E-state index in [1.807, 2.05) is 18.7 Å². The molecule has 0 saturated carbocycles. The number of halogens is 4. The van der Waals surface area contributed by atoms with Crippen molar-refractivity contribution >= 4 is 29.9 Å². The number of aryl methyl sites for hydroxylation is 2. The smallest absolute Gasteiger partial charge is 0.416 e. The zero-order valence-corrected chi connectivity index (χ0v) is 18.7. The number of nitrogens with one attached hydrogen (secondary N) is 1. The summed E-state index contributed by atoms with van der Waals surface area (Å²) in [5.41, 5.74) is 0.652. The number of ether oxygens (including phenoxy) is 1. The average Bonchev–Trinajstić information content (AvgIpc) is 2.99. The normalized spacial score (nSPS) is 17.8. The van der Waals surface area contributed by atoms with Gasteiger partial charge >= 0.3 is 6.18 Å². The molecule has 0 spiro atoms. The number of guanidine groups is 1. The lowest BCUT2D eigenvalue weighted by atomic mass is 10.0. The van der Waals surface area contributed by atoms with E-state index in [-0.39, 0.29) is 24.0 Å². The lowest BCUT2D eigenvalue weighted by molar-refractivity contribution is -0.137. The predicted octanol–water partition coefficient (Wildman–Crippen LogP) is 4.08. The average molecular weight is 524 g/mol. The maximum absolute atomic E-state index is 13.0. The van der Waals surface area contributed by atoms with Crippen LogP contribution in [0.4, 0.5) is 13.2 Å². The van der Waals surface area contributed by atoms with Crippen LogP contribution in [-0.2, 0) is 17.5 Å². The van der Waals surface area contributed by atoms with Gasteiger partial charge in [0.1, 0.15) is 11.9 Å². The number of morpholine rings is 1. The number of rotatable bonds is 3. The van der Waals surface area contributed by atoms with Crippen molar-refractivity contribution in [3.8, 4) is 0 Å². The molecule has 2 heterocycles. The van der Waals surface area contributed by atoms with E-state index >= 15 is 0 Å². The number of oxazole rings is 1. The second-order valence-corrected chi connectivity index (χ2v) is 6.58. The molecular formula is C19H24F3IN4O2. The third-order valence-electron chi connectivity index (χ3n) is 4.63. The van der Waals surface area contributed by atoms with Gasteiger partial charge in [0.2, 0.25) is 5.89 Å². The fourth-order valence-corrected chi connectivity index (χ4v) is 3.06. The van der Waals surface area contributed by atoms with Gasteiger partial charge in [-0.2, -0.15) is 13.2 Å². The molecule has 1 N–H and O–H groups in total. The fourth-order valence-electron chi connectivity index (χ4n) is 3.06. The van der Waals surface area contributed by atoms with Gasteiger partial charge in [-0.3, -0.25) is 4.99 Å². The predicted molar refractivity (Wildman–Crippen MR) is 113 cm³/mol. The number of nitrogens with zero attached hydrogens (tertiary/aromatic N) is 3. The molecule has 3 rings (SSSR count). The quantitative estimate of drug-likeness (QED) is 0.373. The van der Waals surface area contributed by atoms with Crippen LogP contribution in [0.1, 0.15) is 34.6 Å². The van der Waals surface area contributed by atoms with Crippen molar-refractivity contribution in [2.45, 2.75) is 32.7 Å². The molecule has 6 nitrogen and oxygen atoms in total. The van der Waals surface area contributed by atoms with E-state index in [2.05, 4.69) is 15.3 Å². The molecule has 1 atom stereocenters. The van der Waals surface area contributed by atoms with Gasteiger partial charge in [0.25, 0.3) is 0 Å². The minimum Gasteiger partial charge on any atom is -0.444 e. The molecule has 1 unspecified atom stereocenters. The number of alkyl halides is 3. The van der Waals surface area contributed by atoms with E-state index in [0.29, 0.717) is 43.7 Å². The van der Waals surface area contributed by atoms with Crippen LogP contribution in [0.2, 0.25) is 0 Å². The van der Waals surface area contributed by atoms with Gasteiger partial charge in [0, 0.05) is 13.6 Å². The summed E-state index contributed by atoms with van der Waals surface area (Å²) in [6.45, 7) is 5.45. The minimum atomic E-state index is -4.38. The van der Waals surface area contributed by atoms with Gasteiger partial charge in [-0.05, 0) is 31.5 Å². The summed E-state index contributed by atoms with van der Waals surface area (Å²) in [6, 6.07) is 5.26. The molecule has 2 aromatic rings. The molecule has 29 heavy (non-hydrogen) atoms. The number of hydrogen-bond donors (Lipinski definition) is 1. The molecule has 1 aromatic carbocycles. The molecule has 1 aromatic heterocycles. The highest BCUT2D eigenvalue weighted by atomic mass is 127. The van der Waals surface area contributed by atoms with E-state index < -0.39 is 17.8 Å². The van der Waals surface area contributed by atoms with Crippen LogP contribution in [-0.4, -0.2) is 42.6 Å². The van der Waals surface area contributed by atoms with Gasteiger partial charge in [0.15, 0.2) is 5.96 Å². The number of hydrogen-bond acceptors (Lipinski definition) is 4. The Hall–Kier alpha value is -1.82. The highest BCUT2D eigenvalue weighted by Gasteiger charge is 2.32. The minimum absolute atomic E-state index is 0. The lowest BCUT2D eigenvalue weighted by Crippen LogP contribution is -2.48. The van der Waals surface area contributed by atoms with Crippen LogP contribution >= 0.6 is 24.0 Å². The van der Waals surface area contributed by atoms with Crippen molar-refractivity contribution < 1.29 is 22.3 Å². The van der Waals surface area contributed by atoms with E-state index in [9.17, 15) is 13.2 Å². The monoisotopic (exact) mass is 524 g/mol. The summed E-state index contributed by atoms with van der Waals surface area (Å²) >= 11 is 0. The van der Waals surface area contributed by atoms with E-state index in [4.69, 9.17) is 9.15 Å². The van der Waals surface area contributed by atoms with E-state index in [1.54, 1.807) is 13.1 Å². The standard InChI is InChI=1S/C19H23F3N4O2.HI/c1-12-13(2)28-17(25-12)10-24-18(23-3)26-7-8-27-16(11-26)14-5-4-6-15(9-14)19(20,21)22;/h4-6,9,16H,7-8,10-11H2,1-3H3,(H,23,24);1H. The number of aromatic nitrogens is 1. The first-order chi connectivity index (χ1) is 13.3. The van der Waals surface area contributed by atoms with Crippen LogP contribution in [0.3, 0.4) is 0 Å². The topological polar surface area (TPSA) is 62.9 Å². The third-order valence-corrected chi connectivity index (χ3v) is 4.63. The van der Waals surface area contributed by atoms with Crippen molar-refractivity contribution in [2.75, 3.05) is 26.7 Å². The summed E-state index contributed by atoms with van der Waals surface area (Å²) in [7, 11) is 1.66. The summed E-state index contributed by atoms with van der Waals surface area (Å²) in [4.78, 5) is 10.5. The molecule has 0 bridgehead atoms. The molecule has 1 saturated heterocycles. The van der Waals surface area contributed by atoms with Crippen LogP contribution < -0.4 is 5.32 Å². The van der Waals surface area contributed by atoms with Gasteiger partial charge in [-0.25, -0.2) is 4.98 Å². The molecule has 1 aliphatic heterocycles. The summed E-state index contributed by atoms with van der Waals surface area (Å²) in [5, 5.41) is 3.19. The van der Waals surface area contributed by atoms with Crippen LogP contribution in [0, 0.1) is 13.8 Å². The van der Waals surface area contributed by atoms with Crippen molar-refractivity contribution in [1.29, 1.82) is 0 Å². The molecule has 0 amide bonds. The van der Waals surface area contributed by atoms with Crippen LogP contribution in [0.15, 0.2) is 33.7 Å². The number of benzene rings is 1. The highest BCUT2D eigenvalue weighted by Crippen LogP contribution is 2.32. The van der Waals surface area contributed by atoms with E-state index in [0.717, 1.165) is 23.6 Å². The Morgan fingerprint density at radius 2 is 2.10 bits per heavy atom. The highest BCUT2D eigenvalue weighted by molar-refractivity contribution is 14.0. The van der Waals surface area contributed by atoms with Gasteiger partial charge in [0.05, 0.1) is 31.0 Å². The lowest BCUT2D eigenvalue weighted by Gasteiger charge is -2.35. The first-order valence-electron chi connectivity index (χ1n) is 8.95. The first kappa shape index (κ1) is 23.5. The third kappa shape index (κ3) is 5.84. The van der Waals surface area contributed by atoms with Crippen molar-refractivity contribution in [2.24, 2.45) is 4.99 Å². The molecule has 0 radical (unpaired) electrons. The Morgan fingerprint density at radius 1 is 1.34 bits per heavy atom. The fraction of sp³-hybridized carbons (Fsp3) is 0.474. The maximum atomic E-state index is 13.0. The molecule has 1 aliphatic rings. The SMILES string of the molecule is CN=C(NCc1nc(C)c(C)o1)N1CCOC(c2cccc(C(F)(F)F)c2)C1.I. The summed E-state index contributed by atoms with van der Waals surface area (Å²) in [6.07, 6.45) is -4.85. The molecule has 10 heteroatoms. The van der Waals surface area contributed by atoms with Crippen molar-refractivity contribution in [3.63, 3.8) is 0 Å². The van der Waals surface area contributed by atoms with Gasteiger partial charge in [-0.1, -0.05) is 12.1 Å². The Kier molecular flexibility index (Phi) is 7.92. The Morgan fingerprint density at radius 3 is 2.72 bits per heavy atom. The van der Waals surface area contributed by atoms with Crippen LogP contribution in [0.25, 0.3) is 0 Å². The second kappa shape index (κ2) is 9.79. The summed E-state index contributed by atoms with van der Waals surface area (Å²) < 4.78 is 50.2. The van der Waals surface area contributed by atoms with E-state index in [1.165, 1.54) is 6.07 Å².